The summed E-state index contributed by atoms with van der Waals surface area (Å²) in [7, 11) is 0. The Morgan fingerprint density at radius 3 is 2.52 bits per heavy atom. The molecule has 0 unspecified atom stereocenters. The van der Waals surface area contributed by atoms with Crippen molar-refractivity contribution in [3.63, 3.8) is 0 Å². The minimum Gasteiger partial charge on any atom is -0.396 e. The van der Waals surface area contributed by atoms with Crippen molar-refractivity contribution in [2.75, 3.05) is 17.2 Å². The van der Waals surface area contributed by atoms with Gasteiger partial charge >= 0.3 is 0 Å². The molecule has 2 heterocycles. The molecule has 1 aliphatic rings. The van der Waals surface area contributed by atoms with Gasteiger partial charge in [-0.15, -0.1) is 11.3 Å². The number of nitrogens with one attached hydrogen (secondary N) is 3. The molecule has 6 N–H and O–H groups in total. The van der Waals surface area contributed by atoms with Gasteiger partial charge < -0.3 is 26.0 Å². The van der Waals surface area contributed by atoms with Crippen LogP contribution in [0.15, 0.2) is 59.4 Å². The molecule has 9 nitrogen and oxygen atoms in total. The van der Waals surface area contributed by atoms with Crippen molar-refractivity contribution in [2.24, 2.45) is 5.92 Å². The van der Waals surface area contributed by atoms with E-state index in [0.29, 0.717) is 11.4 Å². The summed E-state index contributed by atoms with van der Waals surface area (Å²) in [5.41, 5.74) is 1.38. The van der Waals surface area contributed by atoms with Gasteiger partial charge in [-0.1, -0.05) is 30.3 Å². The lowest BCUT2D eigenvalue weighted by Crippen LogP contribution is -2.36. The first-order valence-electron chi connectivity index (χ1n) is 10.6. The van der Waals surface area contributed by atoms with Crippen LogP contribution in [0.5, 0.6) is 0 Å². The highest BCUT2D eigenvalue weighted by molar-refractivity contribution is 7.21. The number of hydrogen-bond donors (Lipinski definition) is 6. The average molecular weight is 466 g/mol. The molecule has 2 aromatic heterocycles. The van der Waals surface area contributed by atoms with E-state index < -0.39 is 29.7 Å². The summed E-state index contributed by atoms with van der Waals surface area (Å²) >= 11 is 1.37. The number of benzene rings is 2. The SMILES string of the molecule is O=c1[nH]c(Nc2ccccc2)nc(N[C@@H]2C[C@H](CO)[C@@H](O)[C@H]2O)c1-c1nc2ccccc2s1. The van der Waals surface area contributed by atoms with E-state index in [1.165, 1.54) is 11.3 Å². The number of anilines is 3. The Balaban J connectivity index is 1.57. The van der Waals surface area contributed by atoms with Gasteiger partial charge in [0, 0.05) is 18.2 Å². The van der Waals surface area contributed by atoms with Crippen LogP contribution in [0.1, 0.15) is 6.42 Å². The van der Waals surface area contributed by atoms with E-state index in [9.17, 15) is 20.1 Å². The fourth-order valence-corrected chi connectivity index (χ4v) is 5.11. The van der Waals surface area contributed by atoms with Crippen molar-refractivity contribution in [3.8, 4) is 10.6 Å². The van der Waals surface area contributed by atoms with Gasteiger partial charge in [-0.3, -0.25) is 9.78 Å². The Kier molecular flexibility index (Phi) is 5.81. The third kappa shape index (κ3) is 4.21. The van der Waals surface area contributed by atoms with Gasteiger partial charge in [0.15, 0.2) is 0 Å². The molecule has 1 saturated carbocycles. The van der Waals surface area contributed by atoms with Crippen LogP contribution in [0.25, 0.3) is 20.8 Å². The van der Waals surface area contributed by atoms with Gasteiger partial charge in [-0.05, 0) is 30.7 Å². The number of aliphatic hydroxyl groups excluding tert-OH is 3. The second-order valence-corrected chi connectivity index (χ2v) is 9.06. The number of nitrogens with zero attached hydrogens (tertiary/aromatic N) is 2. The molecule has 0 amide bonds. The quantitative estimate of drug-likeness (QED) is 0.255. The van der Waals surface area contributed by atoms with Crippen LogP contribution in [-0.4, -0.2) is 55.1 Å². The summed E-state index contributed by atoms with van der Waals surface area (Å²) in [6.07, 6.45) is -1.85. The molecule has 0 aliphatic heterocycles. The van der Waals surface area contributed by atoms with Gasteiger partial charge in [0.1, 0.15) is 22.5 Å². The predicted octanol–water partition coefficient (Wildman–Crippen LogP) is 2.30. The summed E-state index contributed by atoms with van der Waals surface area (Å²) < 4.78 is 0.931. The third-order valence-electron chi connectivity index (χ3n) is 5.82. The lowest BCUT2D eigenvalue weighted by molar-refractivity contribution is 0.00446. The number of aliphatic hydroxyl groups is 3. The molecule has 4 atom stereocenters. The first kappa shape index (κ1) is 21.5. The molecule has 1 fully saturated rings. The van der Waals surface area contributed by atoms with Crippen LogP contribution < -0.4 is 16.2 Å². The molecule has 2 aromatic carbocycles. The molecular weight excluding hydrogens is 442 g/mol. The maximum atomic E-state index is 13.2. The molecule has 4 aromatic rings. The van der Waals surface area contributed by atoms with Gasteiger partial charge in [-0.25, -0.2) is 4.98 Å². The van der Waals surface area contributed by atoms with Crippen molar-refractivity contribution in [2.45, 2.75) is 24.7 Å². The number of hydrogen-bond acceptors (Lipinski definition) is 9. The van der Waals surface area contributed by atoms with E-state index in [-0.39, 0.29) is 23.9 Å². The highest BCUT2D eigenvalue weighted by Crippen LogP contribution is 2.34. The highest BCUT2D eigenvalue weighted by atomic mass is 32.1. The Hall–Kier alpha value is -3.31. The number of rotatable bonds is 6. The standard InChI is InChI=1S/C23H23N5O4S/c29-11-12-10-15(19(31)18(12)30)25-20-17(22-26-14-8-4-5-9-16(14)33-22)21(32)28-23(27-20)24-13-6-2-1-3-7-13/h1-9,12,15,18-19,29-31H,10-11H2,(H3,24,25,27,28,32)/t12-,15-,18-,19+/m1/s1. The molecule has 10 heteroatoms. The molecule has 0 spiro atoms. The largest absolute Gasteiger partial charge is 0.396 e. The summed E-state index contributed by atoms with van der Waals surface area (Å²) in [5.74, 6) is 0.00342. The van der Waals surface area contributed by atoms with E-state index in [4.69, 9.17) is 0 Å². The number of aromatic nitrogens is 3. The number of H-pyrrole nitrogens is 1. The summed E-state index contributed by atoms with van der Waals surface area (Å²) in [6.45, 7) is -0.245. The smallest absolute Gasteiger partial charge is 0.264 e. The van der Waals surface area contributed by atoms with E-state index in [1.54, 1.807) is 0 Å². The van der Waals surface area contributed by atoms with Crippen molar-refractivity contribution in [3.05, 3.63) is 65.0 Å². The van der Waals surface area contributed by atoms with E-state index in [1.807, 2.05) is 54.6 Å². The first-order chi connectivity index (χ1) is 16.0. The summed E-state index contributed by atoms with van der Waals surface area (Å²) in [5, 5.41) is 37.0. The Labute approximate surface area is 192 Å². The first-order valence-corrected chi connectivity index (χ1v) is 11.4. The van der Waals surface area contributed by atoms with Crippen LogP contribution in [0.4, 0.5) is 17.5 Å². The van der Waals surface area contributed by atoms with Crippen LogP contribution in [0, 0.1) is 5.92 Å². The molecule has 33 heavy (non-hydrogen) atoms. The lowest BCUT2D eigenvalue weighted by Gasteiger charge is -2.20. The van der Waals surface area contributed by atoms with Crippen LogP contribution >= 0.6 is 11.3 Å². The number of thiazole rings is 1. The van der Waals surface area contributed by atoms with Crippen LogP contribution in [-0.2, 0) is 0 Å². The van der Waals surface area contributed by atoms with E-state index >= 15 is 0 Å². The minimum atomic E-state index is -1.11. The number of fused-ring (bicyclic) bond motifs is 1. The highest BCUT2D eigenvalue weighted by Gasteiger charge is 2.41. The van der Waals surface area contributed by atoms with Gasteiger partial charge in [0.05, 0.1) is 22.4 Å². The minimum absolute atomic E-state index is 0.227. The normalized spacial score (nSPS) is 22.5. The third-order valence-corrected chi connectivity index (χ3v) is 6.88. The maximum Gasteiger partial charge on any atom is 0.264 e. The molecular formula is C23H23N5O4S. The molecule has 0 saturated heterocycles. The second kappa shape index (κ2) is 8.91. The summed E-state index contributed by atoms with van der Waals surface area (Å²) in [6, 6.07) is 16.3. The zero-order valence-corrected chi connectivity index (χ0v) is 18.3. The van der Waals surface area contributed by atoms with Gasteiger partial charge in [0.2, 0.25) is 5.95 Å². The van der Waals surface area contributed by atoms with Crippen molar-refractivity contribution < 1.29 is 15.3 Å². The lowest BCUT2D eigenvalue weighted by atomic mass is 10.1. The van der Waals surface area contributed by atoms with Crippen molar-refractivity contribution in [1.82, 2.24) is 15.0 Å². The van der Waals surface area contributed by atoms with E-state index in [2.05, 4.69) is 25.6 Å². The zero-order chi connectivity index (χ0) is 22.9. The topological polar surface area (TPSA) is 143 Å². The molecule has 170 valence electrons. The zero-order valence-electron chi connectivity index (χ0n) is 17.5. The Bertz CT molecular complexity index is 1290. The molecule has 0 radical (unpaired) electrons. The van der Waals surface area contributed by atoms with Crippen molar-refractivity contribution in [1.29, 1.82) is 0 Å². The maximum absolute atomic E-state index is 13.2. The second-order valence-electron chi connectivity index (χ2n) is 8.03. The van der Waals surface area contributed by atoms with Crippen LogP contribution in [0.3, 0.4) is 0 Å². The van der Waals surface area contributed by atoms with Gasteiger partial charge in [0.25, 0.3) is 5.56 Å². The van der Waals surface area contributed by atoms with E-state index in [0.717, 1.165) is 15.9 Å². The summed E-state index contributed by atoms with van der Waals surface area (Å²) in [4.78, 5) is 25.2. The Morgan fingerprint density at radius 2 is 1.79 bits per heavy atom. The van der Waals surface area contributed by atoms with Crippen molar-refractivity contribution >= 4 is 39.0 Å². The fraction of sp³-hybridized carbons (Fsp3) is 0.261. The average Bonchev–Trinajstić information content (AvgIpc) is 3.35. The molecule has 0 bridgehead atoms. The monoisotopic (exact) mass is 465 g/mol. The fourth-order valence-electron chi connectivity index (χ4n) is 4.10. The van der Waals surface area contributed by atoms with Crippen LogP contribution in [0.2, 0.25) is 0 Å². The number of para-hydroxylation sites is 2. The predicted molar refractivity (Wildman–Crippen MR) is 128 cm³/mol. The Morgan fingerprint density at radius 1 is 1.03 bits per heavy atom. The van der Waals surface area contributed by atoms with Gasteiger partial charge in [-0.2, -0.15) is 4.98 Å². The number of aromatic amines is 1. The molecule has 5 rings (SSSR count). The molecule has 1 aliphatic carbocycles.